The molecule has 2 unspecified atom stereocenters. The van der Waals surface area contributed by atoms with Gasteiger partial charge in [-0.2, -0.15) is 0 Å². The van der Waals surface area contributed by atoms with E-state index in [4.69, 9.17) is 0 Å². The van der Waals surface area contributed by atoms with Crippen molar-refractivity contribution in [2.24, 2.45) is 0 Å². The number of nitrogens with one attached hydrogen (secondary N) is 1. The fourth-order valence-electron chi connectivity index (χ4n) is 4.08. The van der Waals surface area contributed by atoms with E-state index in [0.29, 0.717) is 0 Å². The number of fused-ring (bicyclic) bond motifs is 2. The van der Waals surface area contributed by atoms with Crippen molar-refractivity contribution in [3.05, 3.63) is 0 Å². The van der Waals surface area contributed by atoms with Crippen LogP contribution in [0, 0.1) is 0 Å². The standard InChI is InChI=1S/C17H35N3/c1-4-10-18-15-13-16-8-7-9-17(14-15)20(16)12-6-5-11-19(2)3/h15-18H,4-14H2,1-3H3. The van der Waals surface area contributed by atoms with Crippen molar-refractivity contribution in [3.8, 4) is 0 Å². The molecule has 2 heterocycles. The van der Waals surface area contributed by atoms with Crippen molar-refractivity contribution in [2.75, 3.05) is 33.7 Å². The highest BCUT2D eigenvalue weighted by atomic mass is 15.2. The molecule has 0 aromatic rings. The molecule has 2 fully saturated rings. The summed E-state index contributed by atoms with van der Waals surface area (Å²) in [6.45, 7) is 6.05. The van der Waals surface area contributed by atoms with Gasteiger partial charge in [0.2, 0.25) is 0 Å². The first-order chi connectivity index (χ1) is 9.70. The predicted molar refractivity (Wildman–Crippen MR) is 87.2 cm³/mol. The van der Waals surface area contributed by atoms with E-state index in [9.17, 15) is 0 Å². The number of nitrogens with zero attached hydrogens (tertiary/aromatic N) is 2. The normalized spacial score (nSPS) is 30.9. The zero-order valence-corrected chi connectivity index (χ0v) is 13.9. The highest BCUT2D eigenvalue weighted by Gasteiger charge is 2.37. The maximum atomic E-state index is 3.77. The fraction of sp³-hybridized carbons (Fsp3) is 1.00. The van der Waals surface area contributed by atoms with Crippen molar-refractivity contribution in [3.63, 3.8) is 0 Å². The van der Waals surface area contributed by atoms with E-state index in [1.54, 1.807) is 0 Å². The zero-order valence-electron chi connectivity index (χ0n) is 13.9. The molecule has 2 aliphatic heterocycles. The van der Waals surface area contributed by atoms with E-state index in [-0.39, 0.29) is 0 Å². The van der Waals surface area contributed by atoms with E-state index in [2.05, 4.69) is 36.1 Å². The van der Waals surface area contributed by atoms with Gasteiger partial charge in [0.25, 0.3) is 0 Å². The summed E-state index contributed by atoms with van der Waals surface area (Å²) in [4.78, 5) is 5.17. The maximum Gasteiger partial charge on any atom is 0.0113 e. The number of hydrogen-bond donors (Lipinski definition) is 1. The smallest absolute Gasteiger partial charge is 0.0113 e. The number of hydrogen-bond acceptors (Lipinski definition) is 3. The van der Waals surface area contributed by atoms with Gasteiger partial charge in [0, 0.05) is 18.1 Å². The van der Waals surface area contributed by atoms with Crippen LogP contribution in [0.3, 0.4) is 0 Å². The molecule has 2 rings (SSSR count). The van der Waals surface area contributed by atoms with Crippen LogP contribution in [-0.2, 0) is 0 Å². The van der Waals surface area contributed by atoms with Gasteiger partial charge >= 0.3 is 0 Å². The molecule has 0 aromatic carbocycles. The Hall–Kier alpha value is -0.120. The van der Waals surface area contributed by atoms with Crippen LogP contribution in [0.25, 0.3) is 0 Å². The molecule has 3 heteroatoms. The van der Waals surface area contributed by atoms with Gasteiger partial charge < -0.3 is 10.2 Å². The Morgan fingerprint density at radius 3 is 2.40 bits per heavy atom. The molecule has 0 amide bonds. The SMILES string of the molecule is CCCNC1CC2CCCC(C1)N2CCCCN(C)C. The van der Waals surface area contributed by atoms with Crippen molar-refractivity contribution in [2.45, 2.75) is 76.4 Å². The summed E-state index contributed by atoms with van der Waals surface area (Å²) in [5, 5.41) is 3.77. The third-order valence-electron chi connectivity index (χ3n) is 5.08. The van der Waals surface area contributed by atoms with Gasteiger partial charge in [-0.05, 0) is 78.7 Å². The lowest BCUT2D eigenvalue weighted by molar-refractivity contribution is 0.0231. The van der Waals surface area contributed by atoms with E-state index < -0.39 is 0 Å². The monoisotopic (exact) mass is 281 g/mol. The van der Waals surface area contributed by atoms with Gasteiger partial charge in [0.1, 0.15) is 0 Å². The van der Waals surface area contributed by atoms with Gasteiger partial charge in [0.15, 0.2) is 0 Å². The summed E-state index contributed by atoms with van der Waals surface area (Å²) in [6.07, 6.45) is 11.1. The Labute approximate surface area is 126 Å². The lowest BCUT2D eigenvalue weighted by atomic mass is 9.81. The van der Waals surface area contributed by atoms with Crippen LogP contribution in [0.2, 0.25) is 0 Å². The van der Waals surface area contributed by atoms with E-state index in [0.717, 1.165) is 18.1 Å². The molecular formula is C17H35N3. The topological polar surface area (TPSA) is 18.5 Å². The van der Waals surface area contributed by atoms with Crippen LogP contribution in [0.5, 0.6) is 0 Å². The van der Waals surface area contributed by atoms with E-state index in [1.807, 2.05) is 0 Å². The highest BCUT2D eigenvalue weighted by molar-refractivity contribution is 4.94. The van der Waals surface area contributed by atoms with Gasteiger partial charge in [0.05, 0.1) is 0 Å². The molecular weight excluding hydrogens is 246 g/mol. The molecule has 0 aliphatic carbocycles. The third kappa shape index (κ3) is 4.71. The van der Waals surface area contributed by atoms with Crippen LogP contribution in [0.15, 0.2) is 0 Å². The van der Waals surface area contributed by atoms with Gasteiger partial charge in [-0.15, -0.1) is 0 Å². The molecule has 2 atom stereocenters. The summed E-state index contributed by atoms with van der Waals surface area (Å²) in [5.74, 6) is 0. The minimum Gasteiger partial charge on any atom is -0.314 e. The average molecular weight is 281 g/mol. The quantitative estimate of drug-likeness (QED) is 0.690. The lowest BCUT2D eigenvalue weighted by Gasteiger charge is -2.49. The van der Waals surface area contributed by atoms with Gasteiger partial charge in [-0.25, -0.2) is 0 Å². The van der Waals surface area contributed by atoms with Crippen molar-refractivity contribution in [1.29, 1.82) is 0 Å². The first-order valence-corrected chi connectivity index (χ1v) is 8.84. The Bertz CT molecular complexity index is 253. The molecule has 0 spiro atoms. The Morgan fingerprint density at radius 1 is 1.10 bits per heavy atom. The molecule has 0 radical (unpaired) electrons. The number of rotatable bonds is 8. The number of unbranched alkanes of at least 4 members (excludes halogenated alkanes) is 1. The second kappa shape index (κ2) is 8.35. The second-order valence-corrected chi connectivity index (χ2v) is 7.11. The largest absolute Gasteiger partial charge is 0.314 e. The zero-order chi connectivity index (χ0) is 14.4. The summed E-state index contributed by atoms with van der Waals surface area (Å²) < 4.78 is 0. The van der Waals surface area contributed by atoms with Gasteiger partial charge in [-0.1, -0.05) is 13.3 Å². The minimum absolute atomic E-state index is 0.795. The molecule has 0 aromatic heterocycles. The molecule has 20 heavy (non-hydrogen) atoms. The summed E-state index contributed by atoms with van der Waals surface area (Å²) in [5.41, 5.74) is 0. The first-order valence-electron chi connectivity index (χ1n) is 8.84. The predicted octanol–water partition coefficient (Wildman–Crippen LogP) is 2.71. The minimum atomic E-state index is 0.795. The van der Waals surface area contributed by atoms with Crippen LogP contribution in [-0.4, -0.2) is 61.7 Å². The average Bonchev–Trinajstić information content (AvgIpc) is 2.40. The second-order valence-electron chi connectivity index (χ2n) is 7.11. The molecule has 2 bridgehead atoms. The fourth-order valence-corrected chi connectivity index (χ4v) is 4.08. The highest BCUT2D eigenvalue weighted by Crippen LogP contribution is 2.34. The maximum absolute atomic E-state index is 3.77. The van der Waals surface area contributed by atoms with Crippen LogP contribution < -0.4 is 5.32 Å². The molecule has 3 nitrogen and oxygen atoms in total. The lowest BCUT2D eigenvalue weighted by Crippen LogP contribution is -2.56. The summed E-state index contributed by atoms with van der Waals surface area (Å²) in [6, 6.07) is 2.54. The van der Waals surface area contributed by atoms with Gasteiger partial charge in [-0.3, -0.25) is 4.90 Å². The number of piperidine rings is 2. The Morgan fingerprint density at radius 2 is 1.80 bits per heavy atom. The van der Waals surface area contributed by atoms with Crippen LogP contribution in [0.4, 0.5) is 0 Å². The molecule has 118 valence electrons. The van der Waals surface area contributed by atoms with Crippen LogP contribution >= 0.6 is 0 Å². The van der Waals surface area contributed by atoms with E-state index in [1.165, 1.54) is 71.0 Å². The molecule has 1 N–H and O–H groups in total. The Balaban J connectivity index is 1.76. The summed E-state index contributed by atoms with van der Waals surface area (Å²) in [7, 11) is 4.36. The summed E-state index contributed by atoms with van der Waals surface area (Å²) >= 11 is 0. The third-order valence-corrected chi connectivity index (χ3v) is 5.08. The van der Waals surface area contributed by atoms with Crippen molar-refractivity contribution >= 4 is 0 Å². The van der Waals surface area contributed by atoms with E-state index >= 15 is 0 Å². The van der Waals surface area contributed by atoms with Crippen molar-refractivity contribution in [1.82, 2.24) is 15.1 Å². The molecule has 0 saturated carbocycles. The van der Waals surface area contributed by atoms with Crippen LogP contribution in [0.1, 0.15) is 58.3 Å². The first kappa shape index (κ1) is 16.3. The molecule has 2 saturated heterocycles. The molecule has 2 aliphatic rings. The van der Waals surface area contributed by atoms with Crippen molar-refractivity contribution < 1.29 is 0 Å². The Kier molecular flexibility index (Phi) is 6.79.